The molecule has 86 valence electrons. The molecule has 1 fully saturated rings. The van der Waals surface area contributed by atoms with Crippen LogP contribution in [-0.4, -0.2) is 32.8 Å². The summed E-state index contributed by atoms with van der Waals surface area (Å²) in [6.45, 7) is 3.23. The molecule has 1 heterocycles. The number of piperidine rings is 1. The fourth-order valence-corrected chi connectivity index (χ4v) is 3.33. The molecule has 2 N–H and O–H groups in total. The summed E-state index contributed by atoms with van der Waals surface area (Å²) in [6, 6.07) is -0.179. The van der Waals surface area contributed by atoms with Crippen molar-refractivity contribution in [2.45, 2.75) is 37.5 Å². The maximum Gasteiger partial charge on any atom is 0.216 e. The third-order valence-electron chi connectivity index (χ3n) is 2.48. The minimum atomic E-state index is -3.21. The first-order valence-electron chi connectivity index (χ1n) is 5.21. The molecule has 0 spiro atoms. The molecule has 2 unspecified atom stereocenters. The summed E-state index contributed by atoms with van der Waals surface area (Å²) in [5.74, 6) is 2.45. The third-order valence-corrected chi connectivity index (χ3v) is 4.49. The molecule has 1 aliphatic rings. The highest BCUT2D eigenvalue weighted by Gasteiger charge is 2.27. The summed E-state index contributed by atoms with van der Waals surface area (Å²) in [7, 11) is -3.21. The molecule has 1 saturated heterocycles. The normalized spacial score (nSPS) is 24.4. The van der Waals surface area contributed by atoms with Crippen molar-refractivity contribution >= 4 is 10.0 Å². The van der Waals surface area contributed by atoms with Crippen LogP contribution in [0.5, 0.6) is 0 Å². The van der Waals surface area contributed by atoms with Gasteiger partial charge in [-0.25, -0.2) is 13.1 Å². The molecule has 15 heavy (non-hydrogen) atoms. The van der Waals surface area contributed by atoms with Crippen LogP contribution in [0.2, 0.25) is 0 Å². The highest BCUT2D eigenvalue weighted by molar-refractivity contribution is 7.90. The van der Waals surface area contributed by atoms with Crippen LogP contribution in [0, 0.1) is 12.3 Å². The maximum absolute atomic E-state index is 11.9. The second-order valence-corrected chi connectivity index (χ2v) is 5.93. The molecular weight excluding hydrogens is 212 g/mol. The van der Waals surface area contributed by atoms with Gasteiger partial charge >= 0.3 is 0 Å². The summed E-state index contributed by atoms with van der Waals surface area (Å²) >= 11 is 0. The Morgan fingerprint density at radius 1 is 1.67 bits per heavy atom. The van der Waals surface area contributed by atoms with Gasteiger partial charge in [0.1, 0.15) is 0 Å². The Balaban J connectivity index is 2.54. The zero-order valence-corrected chi connectivity index (χ0v) is 9.81. The number of sulfonamides is 1. The minimum Gasteiger partial charge on any atom is -0.315 e. The first-order valence-corrected chi connectivity index (χ1v) is 6.76. The van der Waals surface area contributed by atoms with Gasteiger partial charge in [0.05, 0.1) is 5.25 Å². The van der Waals surface area contributed by atoms with E-state index in [2.05, 4.69) is 16.0 Å². The molecule has 2 atom stereocenters. The van der Waals surface area contributed by atoms with Crippen molar-refractivity contribution in [1.82, 2.24) is 10.0 Å². The molecule has 1 rings (SSSR count). The quantitative estimate of drug-likeness (QED) is 0.672. The van der Waals surface area contributed by atoms with Gasteiger partial charge in [-0.15, -0.1) is 12.3 Å². The highest BCUT2D eigenvalue weighted by atomic mass is 32.2. The molecule has 0 aromatic carbocycles. The summed E-state index contributed by atoms with van der Waals surface area (Å²) in [4.78, 5) is 0. The van der Waals surface area contributed by atoms with Gasteiger partial charge in [0.2, 0.25) is 10.0 Å². The van der Waals surface area contributed by atoms with Crippen molar-refractivity contribution in [2.24, 2.45) is 0 Å². The average Bonchev–Trinajstić information content (AvgIpc) is 2.18. The van der Waals surface area contributed by atoms with Crippen molar-refractivity contribution in [2.75, 3.05) is 13.1 Å². The van der Waals surface area contributed by atoms with Crippen molar-refractivity contribution in [3.63, 3.8) is 0 Å². The molecule has 4 nitrogen and oxygen atoms in total. The Morgan fingerprint density at radius 3 is 2.93 bits per heavy atom. The number of rotatable bonds is 4. The number of nitrogens with one attached hydrogen (secondary N) is 2. The van der Waals surface area contributed by atoms with E-state index in [1.807, 2.05) is 0 Å². The summed E-state index contributed by atoms with van der Waals surface area (Å²) in [6.07, 6.45) is 7.20. The topological polar surface area (TPSA) is 58.2 Å². The van der Waals surface area contributed by atoms with E-state index in [1.165, 1.54) is 0 Å². The number of terminal acetylenes is 1. The zero-order chi connectivity index (χ0) is 11.3. The zero-order valence-electron chi connectivity index (χ0n) is 8.99. The Bertz CT molecular complexity index is 326. The van der Waals surface area contributed by atoms with Crippen LogP contribution in [0.15, 0.2) is 0 Å². The van der Waals surface area contributed by atoms with Gasteiger partial charge in [-0.3, -0.25) is 0 Å². The largest absolute Gasteiger partial charge is 0.315 e. The molecule has 5 heteroatoms. The van der Waals surface area contributed by atoms with Crippen LogP contribution in [-0.2, 0) is 10.0 Å². The first-order chi connectivity index (χ1) is 7.06. The lowest BCUT2D eigenvalue weighted by molar-refractivity contribution is 0.484. The number of hydrogen-bond acceptors (Lipinski definition) is 3. The van der Waals surface area contributed by atoms with Gasteiger partial charge in [0.15, 0.2) is 0 Å². The molecular formula is C10H18N2O2S. The van der Waals surface area contributed by atoms with Gasteiger partial charge < -0.3 is 5.32 Å². The van der Waals surface area contributed by atoms with E-state index in [-0.39, 0.29) is 11.3 Å². The lowest BCUT2D eigenvalue weighted by Gasteiger charge is -2.24. The molecule has 0 aromatic heterocycles. The minimum absolute atomic E-state index is 0.179. The molecule has 0 aliphatic carbocycles. The summed E-state index contributed by atoms with van der Waals surface area (Å²) in [5.41, 5.74) is 0. The Labute approximate surface area is 91.9 Å². The lowest BCUT2D eigenvalue weighted by Crippen LogP contribution is -2.46. The van der Waals surface area contributed by atoms with Crippen molar-refractivity contribution < 1.29 is 8.42 Å². The van der Waals surface area contributed by atoms with Gasteiger partial charge in [0.25, 0.3) is 0 Å². The van der Waals surface area contributed by atoms with E-state index in [1.54, 1.807) is 6.92 Å². The van der Waals surface area contributed by atoms with Crippen LogP contribution in [0.25, 0.3) is 0 Å². The van der Waals surface area contributed by atoms with Crippen molar-refractivity contribution in [3.8, 4) is 12.3 Å². The molecule has 0 radical (unpaired) electrons. The van der Waals surface area contributed by atoms with Crippen LogP contribution < -0.4 is 10.0 Å². The predicted molar refractivity (Wildman–Crippen MR) is 60.9 cm³/mol. The Morgan fingerprint density at radius 2 is 2.40 bits per heavy atom. The lowest BCUT2D eigenvalue weighted by atomic mass is 10.2. The fourth-order valence-electron chi connectivity index (χ4n) is 1.68. The second-order valence-electron chi connectivity index (χ2n) is 3.94. The van der Waals surface area contributed by atoms with E-state index in [0.717, 1.165) is 19.4 Å². The van der Waals surface area contributed by atoms with Crippen LogP contribution in [0.3, 0.4) is 0 Å². The van der Waals surface area contributed by atoms with Gasteiger partial charge in [-0.2, -0.15) is 0 Å². The highest BCUT2D eigenvalue weighted by Crippen LogP contribution is 2.11. The first kappa shape index (κ1) is 12.5. The number of hydrogen-bond donors (Lipinski definition) is 2. The van der Waals surface area contributed by atoms with Crippen LogP contribution >= 0.6 is 0 Å². The van der Waals surface area contributed by atoms with Crippen molar-refractivity contribution in [1.29, 1.82) is 0 Å². The standard InChI is InChI=1S/C10H18N2O2S/c1-3-5-9(2)12-15(13,14)10-6-4-7-11-8-10/h1,9-12H,4-8H2,2H3. The SMILES string of the molecule is C#CCC(C)NS(=O)(=O)C1CCCNC1. The monoisotopic (exact) mass is 230 g/mol. The van der Waals surface area contributed by atoms with Gasteiger partial charge in [-0.1, -0.05) is 0 Å². The molecule has 0 bridgehead atoms. The molecule has 1 aliphatic heterocycles. The predicted octanol–water partition coefficient (Wildman–Crippen LogP) is 0.0696. The van der Waals surface area contributed by atoms with Crippen LogP contribution in [0.4, 0.5) is 0 Å². The Hall–Kier alpha value is -0.570. The smallest absolute Gasteiger partial charge is 0.216 e. The summed E-state index contributed by atoms with van der Waals surface area (Å²) < 4.78 is 26.3. The average molecular weight is 230 g/mol. The molecule has 0 amide bonds. The van der Waals surface area contributed by atoms with E-state index in [9.17, 15) is 8.42 Å². The van der Waals surface area contributed by atoms with E-state index in [0.29, 0.717) is 13.0 Å². The maximum atomic E-state index is 11.9. The van der Waals surface area contributed by atoms with E-state index >= 15 is 0 Å². The van der Waals surface area contributed by atoms with E-state index < -0.39 is 10.0 Å². The summed E-state index contributed by atoms with van der Waals surface area (Å²) in [5, 5.41) is 2.77. The third kappa shape index (κ3) is 3.82. The fraction of sp³-hybridized carbons (Fsp3) is 0.800. The molecule has 0 aromatic rings. The van der Waals surface area contributed by atoms with Gasteiger partial charge in [0, 0.05) is 19.0 Å². The van der Waals surface area contributed by atoms with Gasteiger partial charge in [-0.05, 0) is 26.3 Å². The molecule has 0 saturated carbocycles. The second kappa shape index (κ2) is 5.50. The van der Waals surface area contributed by atoms with Crippen molar-refractivity contribution in [3.05, 3.63) is 0 Å². The van der Waals surface area contributed by atoms with Crippen LogP contribution in [0.1, 0.15) is 26.2 Å². The van der Waals surface area contributed by atoms with E-state index in [4.69, 9.17) is 6.42 Å². The Kier molecular flexibility index (Phi) is 4.58.